The molecule has 144 valence electrons. The zero-order valence-corrected chi connectivity index (χ0v) is 15.5. The number of benzene rings is 1. The molecule has 0 aliphatic rings. The molecule has 7 nitrogen and oxygen atoms in total. The van der Waals surface area contributed by atoms with Gasteiger partial charge in [-0.05, 0) is 31.2 Å². The standard InChI is InChI=1S/C19H28N2O5/c1-4-26-21-16(22)11-15(10-14-8-6-5-7-9-14)17(23)19(20,18(24)25)12-13(2)3/h5-9,13,15H,4,10-12,20H2,1-3H3,(H,21,22)(H,24,25)/t15-,19-/m0/s1. The topological polar surface area (TPSA) is 119 Å². The minimum atomic E-state index is -2.03. The molecule has 0 unspecified atom stereocenters. The fraction of sp³-hybridized carbons (Fsp3) is 0.526. The third-order valence-corrected chi connectivity index (χ3v) is 4.01. The highest BCUT2D eigenvalue weighted by atomic mass is 16.6. The number of ketones is 1. The lowest BCUT2D eigenvalue weighted by Gasteiger charge is -2.29. The third-order valence-electron chi connectivity index (χ3n) is 4.01. The highest BCUT2D eigenvalue weighted by Gasteiger charge is 2.46. The molecule has 7 heteroatoms. The minimum absolute atomic E-state index is 0.000461. The molecule has 0 aromatic heterocycles. The van der Waals surface area contributed by atoms with E-state index in [1.807, 2.05) is 30.3 Å². The smallest absolute Gasteiger partial charge is 0.331 e. The number of amides is 1. The monoisotopic (exact) mass is 364 g/mol. The Morgan fingerprint density at radius 3 is 2.35 bits per heavy atom. The number of hydrogen-bond donors (Lipinski definition) is 3. The molecule has 0 bridgehead atoms. The highest BCUT2D eigenvalue weighted by Crippen LogP contribution is 2.24. The largest absolute Gasteiger partial charge is 0.480 e. The van der Waals surface area contributed by atoms with Gasteiger partial charge in [-0.15, -0.1) is 0 Å². The van der Waals surface area contributed by atoms with Crippen molar-refractivity contribution in [3.63, 3.8) is 0 Å². The Bertz CT molecular complexity index is 618. The summed E-state index contributed by atoms with van der Waals surface area (Å²) >= 11 is 0. The van der Waals surface area contributed by atoms with Gasteiger partial charge in [0.1, 0.15) is 0 Å². The Hall–Kier alpha value is -2.25. The molecule has 0 aliphatic heterocycles. The van der Waals surface area contributed by atoms with Crippen LogP contribution in [0.4, 0.5) is 0 Å². The van der Waals surface area contributed by atoms with Gasteiger partial charge >= 0.3 is 5.97 Å². The van der Waals surface area contributed by atoms with Gasteiger partial charge < -0.3 is 10.8 Å². The van der Waals surface area contributed by atoms with E-state index in [-0.39, 0.29) is 31.8 Å². The maximum atomic E-state index is 13.0. The van der Waals surface area contributed by atoms with Gasteiger partial charge in [0.25, 0.3) is 0 Å². The first-order valence-corrected chi connectivity index (χ1v) is 8.71. The number of carboxylic acids is 1. The van der Waals surface area contributed by atoms with Gasteiger partial charge in [0.15, 0.2) is 11.3 Å². The van der Waals surface area contributed by atoms with E-state index >= 15 is 0 Å². The predicted octanol–water partition coefficient (Wildman–Crippen LogP) is 1.70. The Kier molecular flexibility index (Phi) is 8.41. The number of carboxylic acid groups (broad SMARTS) is 1. The fourth-order valence-electron chi connectivity index (χ4n) is 2.88. The number of Topliss-reactive ketones (excluding diaryl/α,β-unsaturated/α-hetero) is 1. The van der Waals surface area contributed by atoms with Crippen LogP contribution in [0.25, 0.3) is 0 Å². The van der Waals surface area contributed by atoms with Crippen molar-refractivity contribution in [1.29, 1.82) is 0 Å². The van der Waals surface area contributed by atoms with Crippen LogP contribution in [0.5, 0.6) is 0 Å². The average molecular weight is 364 g/mol. The molecule has 1 aromatic carbocycles. The molecule has 1 amide bonds. The Balaban J connectivity index is 3.09. The van der Waals surface area contributed by atoms with Crippen molar-refractivity contribution in [3.05, 3.63) is 35.9 Å². The van der Waals surface area contributed by atoms with E-state index in [2.05, 4.69) is 5.48 Å². The van der Waals surface area contributed by atoms with Crippen LogP contribution in [-0.2, 0) is 25.6 Å². The number of carbonyl (C=O) groups excluding carboxylic acids is 2. The first-order chi connectivity index (χ1) is 12.2. The lowest BCUT2D eigenvalue weighted by molar-refractivity contribution is -0.152. The van der Waals surface area contributed by atoms with Crippen LogP contribution in [0.15, 0.2) is 30.3 Å². The van der Waals surface area contributed by atoms with Crippen molar-refractivity contribution >= 4 is 17.7 Å². The number of nitrogens with one attached hydrogen (secondary N) is 1. The molecule has 0 spiro atoms. The predicted molar refractivity (Wildman–Crippen MR) is 97.0 cm³/mol. The zero-order chi connectivity index (χ0) is 19.7. The van der Waals surface area contributed by atoms with Crippen LogP contribution in [0.3, 0.4) is 0 Å². The molecule has 2 atom stereocenters. The molecule has 26 heavy (non-hydrogen) atoms. The molecule has 1 aromatic rings. The number of carbonyl (C=O) groups is 3. The van der Waals surface area contributed by atoms with Gasteiger partial charge in [0, 0.05) is 12.3 Å². The SMILES string of the molecule is CCONC(=O)C[C@H](Cc1ccccc1)C(=O)[C@@](N)(CC(C)C)C(=O)O. The van der Waals surface area contributed by atoms with E-state index in [1.165, 1.54) is 0 Å². The third kappa shape index (κ3) is 6.24. The zero-order valence-electron chi connectivity index (χ0n) is 15.5. The summed E-state index contributed by atoms with van der Waals surface area (Å²) in [5.74, 6) is -3.46. The highest BCUT2D eigenvalue weighted by molar-refractivity contribution is 6.09. The molecule has 0 saturated heterocycles. The van der Waals surface area contributed by atoms with Crippen LogP contribution in [0.1, 0.15) is 39.2 Å². The summed E-state index contributed by atoms with van der Waals surface area (Å²) in [4.78, 5) is 41.7. The lowest BCUT2D eigenvalue weighted by atomic mass is 9.77. The molecule has 0 heterocycles. The van der Waals surface area contributed by atoms with Crippen molar-refractivity contribution in [2.75, 3.05) is 6.61 Å². The number of aliphatic carboxylic acids is 1. The van der Waals surface area contributed by atoms with E-state index in [1.54, 1.807) is 20.8 Å². The van der Waals surface area contributed by atoms with Gasteiger partial charge in [0.05, 0.1) is 6.61 Å². The maximum Gasteiger partial charge on any atom is 0.331 e. The number of hydrogen-bond acceptors (Lipinski definition) is 5. The van der Waals surface area contributed by atoms with E-state index in [4.69, 9.17) is 10.6 Å². The Morgan fingerprint density at radius 2 is 1.85 bits per heavy atom. The van der Waals surface area contributed by atoms with Crippen molar-refractivity contribution in [3.8, 4) is 0 Å². The quantitative estimate of drug-likeness (QED) is 0.406. The second-order valence-electron chi connectivity index (χ2n) is 6.79. The normalized spacial score (nSPS) is 14.5. The van der Waals surface area contributed by atoms with Gasteiger partial charge in [-0.2, -0.15) is 0 Å². The van der Waals surface area contributed by atoms with E-state index in [0.29, 0.717) is 0 Å². The van der Waals surface area contributed by atoms with E-state index in [9.17, 15) is 19.5 Å². The maximum absolute atomic E-state index is 13.0. The fourth-order valence-corrected chi connectivity index (χ4v) is 2.88. The summed E-state index contributed by atoms with van der Waals surface area (Å²) in [7, 11) is 0. The number of nitrogens with two attached hydrogens (primary N) is 1. The molecule has 0 saturated carbocycles. The molecule has 4 N–H and O–H groups in total. The van der Waals surface area contributed by atoms with Crippen molar-refractivity contribution in [2.24, 2.45) is 17.6 Å². The average Bonchev–Trinajstić information content (AvgIpc) is 2.58. The molecule has 0 radical (unpaired) electrons. The van der Waals surface area contributed by atoms with Gasteiger partial charge in [-0.1, -0.05) is 44.2 Å². The van der Waals surface area contributed by atoms with Gasteiger partial charge in [-0.25, -0.2) is 10.3 Å². The molecule has 0 fully saturated rings. The minimum Gasteiger partial charge on any atom is -0.480 e. The summed E-state index contributed by atoms with van der Waals surface area (Å²) in [5.41, 5.74) is 7.05. The Labute approximate surface area is 153 Å². The summed E-state index contributed by atoms with van der Waals surface area (Å²) < 4.78 is 0. The van der Waals surface area contributed by atoms with Crippen LogP contribution >= 0.6 is 0 Å². The molecular formula is C19H28N2O5. The molecular weight excluding hydrogens is 336 g/mol. The van der Waals surface area contributed by atoms with Crippen LogP contribution in [0, 0.1) is 11.8 Å². The number of hydroxylamine groups is 1. The first-order valence-electron chi connectivity index (χ1n) is 8.71. The van der Waals surface area contributed by atoms with Gasteiger partial charge in [-0.3, -0.25) is 14.4 Å². The first kappa shape index (κ1) is 21.8. The summed E-state index contributed by atoms with van der Waals surface area (Å²) in [6.07, 6.45) is 0.0289. The summed E-state index contributed by atoms with van der Waals surface area (Å²) in [6.45, 7) is 5.59. The van der Waals surface area contributed by atoms with Crippen molar-refractivity contribution in [1.82, 2.24) is 5.48 Å². The molecule has 0 aliphatic carbocycles. The summed E-state index contributed by atoms with van der Waals surface area (Å²) in [6, 6.07) is 9.12. The lowest BCUT2D eigenvalue weighted by Crippen LogP contribution is -2.58. The van der Waals surface area contributed by atoms with E-state index < -0.39 is 29.1 Å². The Morgan fingerprint density at radius 1 is 1.23 bits per heavy atom. The van der Waals surface area contributed by atoms with Crippen molar-refractivity contribution < 1.29 is 24.3 Å². The van der Waals surface area contributed by atoms with Crippen LogP contribution in [-0.4, -0.2) is 34.9 Å². The second-order valence-corrected chi connectivity index (χ2v) is 6.79. The van der Waals surface area contributed by atoms with Crippen LogP contribution in [0.2, 0.25) is 0 Å². The number of rotatable bonds is 11. The second kappa shape index (κ2) is 10.0. The van der Waals surface area contributed by atoms with Crippen molar-refractivity contribution in [2.45, 2.75) is 45.6 Å². The van der Waals surface area contributed by atoms with E-state index in [0.717, 1.165) is 5.56 Å². The molecule has 1 rings (SSSR count). The summed E-state index contributed by atoms with van der Waals surface area (Å²) in [5, 5.41) is 9.57. The van der Waals surface area contributed by atoms with Gasteiger partial charge in [0.2, 0.25) is 5.91 Å². The van der Waals surface area contributed by atoms with Crippen LogP contribution < -0.4 is 11.2 Å².